The van der Waals surface area contributed by atoms with Crippen molar-refractivity contribution in [3.8, 4) is 0 Å². The molecule has 1 aromatic rings. The predicted octanol–water partition coefficient (Wildman–Crippen LogP) is -0.846. The van der Waals surface area contributed by atoms with E-state index >= 15 is 0 Å². The number of rotatable bonds is 4. The van der Waals surface area contributed by atoms with Gasteiger partial charge in [0.15, 0.2) is 6.54 Å². The van der Waals surface area contributed by atoms with Gasteiger partial charge in [0.2, 0.25) is 0 Å². The number of hydrazone groups is 1. The smallest absolute Gasteiger partial charge is 0.295 e. The molecule has 0 saturated heterocycles. The molecular weight excluding hydrogens is 309 g/mol. The molecule has 7 heteroatoms. The number of amides is 1. The van der Waals surface area contributed by atoms with Gasteiger partial charge < -0.3 is 16.9 Å². The SMILES string of the molecule is C[N+](C)(C)CC(=O)N/N=C/c1ccc(Cl)c(Cl)c1.[Cl-]. The monoisotopic (exact) mass is 323 g/mol. The van der Waals surface area contributed by atoms with Crippen molar-refractivity contribution in [2.24, 2.45) is 5.10 Å². The van der Waals surface area contributed by atoms with E-state index in [1.165, 1.54) is 6.21 Å². The topological polar surface area (TPSA) is 41.5 Å². The van der Waals surface area contributed by atoms with Crippen LogP contribution in [0.2, 0.25) is 10.0 Å². The first kappa shape index (κ1) is 18.2. The summed E-state index contributed by atoms with van der Waals surface area (Å²) in [6.45, 7) is 0.360. The molecule has 0 radical (unpaired) electrons. The Bertz CT molecular complexity index is 470. The summed E-state index contributed by atoms with van der Waals surface area (Å²) in [6, 6.07) is 5.13. The van der Waals surface area contributed by atoms with Crippen molar-refractivity contribution in [2.75, 3.05) is 27.7 Å². The summed E-state index contributed by atoms with van der Waals surface area (Å²) in [5.74, 6) is -0.140. The minimum Gasteiger partial charge on any atom is -1.00 e. The first-order chi connectivity index (χ1) is 8.28. The van der Waals surface area contributed by atoms with Gasteiger partial charge in [-0.05, 0) is 17.7 Å². The number of hydrogen-bond acceptors (Lipinski definition) is 2. The second kappa shape index (κ2) is 7.70. The van der Waals surface area contributed by atoms with Crippen molar-refractivity contribution in [1.29, 1.82) is 0 Å². The average Bonchev–Trinajstić information content (AvgIpc) is 2.20. The highest BCUT2D eigenvalue weighted by atomic mass is 35.5. The molecule has 0 heterocycles. The van der Waals surface area contributed by atoms with E-state index in [1.807, 2.05) is 21.1 Å². The third kappa shape index (κ3) is 7.38. The molecule has 0 aliphatic heterocycles. The Balaban J connectivity index is 0.00000324. The number of nitrogens with one attached hydrogen (secondary N) is 1. The van der Waals surface area contributed by atoms with Crippen LogP contribution in [0.15, 0.2) is 23.3 Å². The number of hydrogen-bond donors (Lipinski definition) is 1. The predicted molar refractivity (Wildman–Crippen MR) is 75.1 cm³/mol. The second-order valence-corrected chi connectivity index (χ2v) is 5.73. The zero-order valence-corrected chi connectivity index (χ0v) is 13.2. The summed E-state index contributed by atoms with van der Waals surface area (Å²) in [4.78, 5) is 11.5. The molecule has 0 bridgehead atoms. The molecule has 1 rings (SSSR count). The molecule has 106 valence electrons. The van der Waals surface area contributed by atoms with Crippen LogP contribution in [0.3, 0.4) is 0 Å². The molecule has 0 spiro atoms. The lowest BCUT2D eigenvalue weighted by Crippen LogP contribution is -3.00. The Morgan fingerprint density at radius 2 is 1.95 bits per heavy atom. The summed E-state index contributed by atoms with van der Waals surface area (Å²) < 4.78 is 0.550. The molecule has 4 nitrogen and oxygen atoms in total. The van der Waals surface area contributed by atoms with Crippen LogP contribution in [0, 0.1) is 0 Å². The van der Waals surface area contributed by atoms with Crippen molar-refractivity contribution in [3.05, 3.63) is 33.8 Å². The standard InChI is InChI=1S/C12H15Cl2N3O.ClH/c1-17(2,3)8-12(18)16-15-7-9-4-5-10(13)11(14)6-9;/h4-7H,8H2,1-3H3;1H/b15-7+;. The molecule has 0 atom stereocenters. The number of halogens is 3. The average molecular weight is 325 g/mol. The van der Waals surface area contributed by atoms with Crippen molar-refractivity contribution in [1.82, 2.24) is 5.43 Å². The third-order valence-corrected chi connectivity index (χ3v) is 2.70. The Kier molecular flexibility index (Phi) is 7.37. The fraction of sp³-hybridized carbons (Fsp3) is 0.333. The molecule has 0 aliphatic rings. The minimum absolute atomic E-state index is 0. The zero-order valence-electron chi connectivity index (χ0n) is 11.0. The van der Waals surface area contributed by atoms with E-state index in [9.17, 15) is 4.79 Å². The van der Waals surface area contributed by atoms with Crippen molar-refractivity contribution >= 4 is 35.3 Å². The summed E-state index contributed by atoms with van der Waals surface area (Å²) in [7, 11) is 5.80. The van der Waals surface area contributed by atoms with Crippen LogP contribution in [-0.4, -0.2) is 44.3 Å². The van der Waals surface area contributed by atoms with E-state index in [4.69, 9.17) is 23.2 Å². The molecule has 0 saturated carbocycles. The molecule has 0 fully saturated rings. The van der Waals surface area contributed by atoms with Crippen LogP contribution in [0.4, 0.5) is 0 Å². The van der Waals surface area contributed by atoms with E-state index in [0.29, 0.717) is 21.1 Å². The number of quaternary nitrogens is 1. The minimum atomic E-state index is -0.140. The van der Waals surface area contributed by atoms with Gasteiger partial charge in [-0.1, -0.05) is 29.3 Å². The van der Waals surface area contributed by atoms with E-state index in [0.717, 1.165) is 5.56 Å². The second-order valence-electron chi connectivity index (χ2n) is 4.92. The van der Waals surface area contributed by atoms with Crippen molar-refractivity contribution in [3.63, 3.8) is 0 Å². The quantitative estimate of drug-likeness (QED) is 0.438. The van der Waals surface area contributed by atoms with Gasteiger partial charge in [0.1, 0.15) is 0 Å². The number of carbonyl (C=O) groups excluding carboxylic acids is 1. The molecular formula is C12H16Cl3N3O. The van der Waals surface area contributed by atoms with Gasteiger partial charge in [-0.2, -0.15) is 5.10 Å². The van der Waals surface area contributed by atoms with Gasteiger partial charge in [-0.15, -0.1) is 0 Å². The maximum Gasteiger partial charge on any atom is 0.295 e. The number of carbonyl (C=O) groups is 1. The zero-order chi connectivity index (χ0) is 13.8. The van der Waals surface area contributed by atoms with Gasteiger partial charge in [0.25, 0.3) is 5.91 Å². The lowest BCUT2D eigenvalue weighted by Gasteiger charge is -2.21. The first-order valence-corrected chi connectivity index (χ1v) is 6.11. The molecule has 1 N–H and O–H groups in total. The number of nitrogens with zero attached hydrogens (tertiary/aromatic N) is 2. The van der Waals surface area contributed by atoms with Crippen LogP contribution in [-0.2, 0) is 4.79 Å². The maximum absolute atomic E-state index is 11.5. The highest BCUT2D eigenvalue weighted by Crippen LogP contribution is 2.21. The summed E-state index contributed by atoms with van der Waals surface area (Å²) >= 11 is 11.6. The third-order valence-electron chi connectivity index (χ3n) is 1.96. The molecule has 19 heavy (non-hydrogen) atoms. The molecule has 0 aliphatic carbocycles. The highest BCUT2D eigenvalue weighted by molar-refractivity contribution is 6.42. The van der Waals surface area contributed by atoms with E-state index in [-0.39, 0.29) is 18.3 Å². The summed E-state index contributed by atoms with van der Waals surface area (Å²) in [5, 5.41) is 4.81. The lowest BCUT2D eigenvalue weighted by molar-refractivity contribution is -0.862. The Morgan fingerprint density at radius 1 is 1.32 bits per heavy atom. The largest absolute Gasteiger partial charge is 1.00 e. The fourth-order valence-electron chi connectivity index (χ4n) is 1.24. The Hall–Kier alpha value is -0.810. The van der Waals surface area contributed by atoms with Crippen molar-refractivity contribution < 1.29 is 21.7 Å². The molecule has 0 aromatic heterocycles. The van der Waals surface area contributed by atoms with Crippen LogP contribution in [0.5, 0.6) is 0 Å². The molecule has 0 unspecified atom stereocenters. The summed E-state index contributed by atoms with van der Waals surface area (Å²) in [5.41, 5.74) is 3.23. The van der Waals surface area contributed by atoms with Gasteiger partial charge in [0, 0.05) is 0 Å². The number of likely N-dealkylation sites (N-methyl/N-ethyl adjacent to an activating group) is 1. The summed E-state index contributed by atoms with van der Waals surface area (Å²) in [6.07, 6.45) is 1.52. The maximum atomic E-state index is 11.5. The Labute approximate surface area is 129 Å². The van der Waals surface area contributed by atoms with Crippen LogP contribution >= 0.6 is 23.2 Å². The van der Waals surface area contributed by atoms with Gasteiger partial charge in [-0.25, -0.2) is 5.43 Å². The van der Waals surface area contributed by atoms with Gasteiger partial charge in [-0.3, -0.25) is 4.79 Å². The van der Waals surface area contributed by atoms with Gasteiger partial charge in [0.05, 0.1) is 37.4 Å². The first-order valence-electron chi connectivity index (χ1n) is 5.35. The normalized spacial score (nSPS) is 11.2. The van der Waals surface area contributed by atoms with E-state index in [1.54, 1.807) is 18.2 Å². The molecule has 1 aromatic carbocycles. The van der Waals surface area contributed by atoms with Gasteiger partial charge >= 0.3 is 0 Å². The van der Waals surface area contributed by atoms with Crippen molar-refractivity contribution in [2.45, 2.75) is 0 Å². The van der Waals surface area contributed by atoms with Crippen LogP contribution < -0.4 is 17.8 Å². The lowest BCUT2D eigenvalue weighted by atomic mass is 10.2. The number of benzene rings is 1. The Morgan fingerprint density at radius 3 is 2.47 bits per heavy atom. The van der Waals surface area contributed by atoms with Crippen LogP contribution in [0.1, 0.15) is 5.56 Å². The van der Waals surface area contributed by atoms with E-state index < -0.39 is 0 Å². The fourth-order valence-corrected chi connectivity index (χ4v) is 1.54. The van der Waals surface area contributed by atoms with E-state index in [2.05, 4.69) is 10.5 Å². The van der Waals surface area contributed by atoms with Crippen LogP contribution in [0.25, 0.3) is 0 Å². The highest BCUT2D eigenvalue weighted by Gasteiger charge is 2.12. The molecule has 1 amide bonds.